The number of nitrogens with zero attached hydrogens (tertiary/aromatic N) is 1. The molecule has 1 heterocycles. The average molecular weight is 276 g/mol. The highest BCUT2D eigenvalue weighted by atomic mass is 16.4. The molecule has 2 rings (SSSR count). The number of anilines is 1. The molecule has 0 bridgehead atoms. The van der Waals surface area contributed by atoms with Crippen LogP contribution in [-0.2, 0) is 9.59 Å². The van der Waals surface area contributed by atoms with Crippen LogP contribution >= 0.6 is 0 Å². The molecule has 1 aromatic rings. The largest absolute Gasteiger partial charge is 0.481 e. The number of carboxylic acids is 1. The van der Waals surface area contributed by atoms with E-state index >= 15 is 0 Å². The van der Waals surface area contributed by atoms with Gasteiger partial charge in [-0.1, -0.05) is 31.5 Å². The number of benzene rings is 1. The third-order valence-electron chi connectivity index (χ3n) is 3.67. The maximum Gasteiger partial charge on any atom is 0.304 e. The summed E-state index contributed by atoms with van der Waals surface area (Å²) in [5.74, 6) is -1.12. The minimum atomic E-state index is -0.850. The van der Waals surface area contributed by atoms with Crippen molar-refractivity contribution < 1.29 is 14.7 Å². The Bertz CT molecular complexity index is 516. The van der Waals surface area contributed by atoms with E-state index in [4.69, 9.17) is 10.8 Å². The summed E-state index contributed by atoms with van der Waals surface area (Å²) in [6, 6.07) is 6.95. The minimum absolute atomic E-state index is 0.0316. The third kappa shape index (κ3) is 2.82. The Morgan fingerprint density at radius 3 is 2.80 bits per heavy atom. The molecule has 5 heteroatoms. The van der Waals surface area contributed by atoms with Crippen LogP contribution in [0.4, 0.5) is 5.69 Å². The van der Waals surface area contributed by atoms with Crippen molar-refractivity contribution in [3.8, 4) is 0 Å². The van der Waals surface area contributed by atoms with Crippen molar-refractivity contribution in [2.24, 2.45) is 5.73 Å². The lowest BCUT2D eigenvalue weighted by molar-refractivity contribution is -0.137. The first-order valence-electron chi connectivity index (χ1n) is 6.92. The van der Waals surface area contributed by atoms with Crippen molar-refractivity contribution in [2.45, 2.75) is 38.1 Å². The van der Waals surface area contributed by atoms with Crippen LogP contribution in [0.15, 0.2) is 24.3 Å². The number of para-hydroxylation sites is 1. The predicted octanol–water partition coefficient (Wildman–Crippen LogP) is 1.72. The van der Waals surface area contributed by atoms with Crippen molar-refractivity contribution in [3.05, 3.63) is 29.8 Å². The molecule has 0 fully saturated rings. The molecular formula is C15H20N2O3. The maximum atomic E-state index is 12.4. The molecule has 108 valence electrons. The molecule has 0 aliphatic carbocycles. The molecule has 0 aromatic heterocycles. The number of aliphatic carboxylic acids is 1. The smallest absolute Gasteiger partial charge is 0.304 e. The van der Waals surface area contributed by atoms with Gasteiger partial charge >= 0.3 is 5.97 Å². The van der Waals surface area contributed by atoms with E-state index in [1.54, 1.807) is 4.90 Å². The van der Waals surface area contributed by atoms with Crippen molar-refractivity contribution in [2.75, 3.05) is 11.4 Å². The lowest BCUT2D eigenvalue weighted by atomic mass is 9.98. The fourth-order valence-corrected chi connectivity index (χ4v) is 2.72. The molecule has 0 spiro atoms. The van der Waals surface area contributed by atoms with Crippen molar-refractivity contribution in [1.82, 2.24) is 0 Å². The van der Waals surface area contributed by atoms with Crippen molar-refractivity contribution in [1.29, 1.82) is 0 Å². The van der Waals surface area contributed by atoms with E-state index in [9.17, 15) is 9.59 Å². The van der Waals surface area contributed by atoms with Crippen LogP contribution in [0.3, 0.4) is 0 Å². The van der Waals surface area contributed by atoms with Crippen molar-refractivity contribution in [3.63, 3.8) is 0 Å². The summed E-state index contributed by atoms with van der Waals surface area (Å²) in [7, 11) is 0. The molecule has 0 saturated heterocycles. The summed E-state index contributed by atoms with van der Waals surface area (Å²) in [4.78, 5) is 25.0. The van der Waals surface area contributed by atoms with Crippen LogP contribution in [0.25, 0.3) is 0 Å². The molecule has 0 radical (unpaired) electrons. The van der Waals surface area contributed by atoms with Gasteiger partial charge in [-0.15, -0.1) is 0 Å². The second kappa shape index (κ2) is 6.05. The van der Waals surface area contributed by atoms with E-state index in [2.05, 4.69) is 0 Å². The summed E-state index contributed by atoms with van der Waals surface area (Å²) < 4.78 is 0. The number of hydrogen-bond donors (Lipinski definition) is 2. The zero-order chi connectivity index (χ0) is 14.7. The Balaban J connectivity index is 2.24. The fraction of sp³-hybridized carbons (Fsp3) is 0.467. The lowest BCUT2D eigenvalue weighted by Crippen LogP contribution is -2.43. The van der Waals surface area contributed by atoms with Crippen LogP contribution in [0.2, 0.25) is 0 Å². The molecule has 1 unspecified atom stereocenters. The summed E-state index contributed by atoms with van der Waals surface area (Å²) in [5.41, 5.74) is 7.63. The SMILES string of the molecule is CCC[C@@H](N)C(=O)N1CC(CC(=O)O)c2ccccc21. The molecule has 20 heavy (non-hydrogen) atoms. The van der Waals surface area contributed by atoms with Crippen LogP contribution < -0.4 is 10.6 Å². The number of rotatable bonds is 5. The van der Waals surface area contributed by atoms with Gasteiger partial charge in [0.1, 0.15) is 0 Å². The zero-order valence-corrected chi connectivity index (χ0v) is 11.6. The predicted molar refractivity (Wildman–Crippen MR) is 76.7 cm³/mol. The monoisotopic (exact) mass is 276 g/mol. The van der Waals surface area contributed by atoms with Gasteiger partial charge in [-0.05, 0) is 18.1 Å². The molecule has 5 nitrogen and oxygen atoms in total. The Morgan fingerprint density at radius 1 is 1.45 bits per heavy atom. The summed E-state index contributed by atoms with van der Waals surface area (Å²) in [6.45, 7) is 2.39. The van der Waals surface area contributed by atoms with Crippen LogP contribution in [0.5, 0.6) is 0 Å². The average Bonchev–Trinajstić information content (AvgIpc) is 2.77. The van der Waals surface area contributed by atoms with Gasteiger partial charge in [0.25, 0.3) is 0 Å². The molecule has 1 aliphatic heterocycles. The van der Waals surface area contributed by atoms with Crippen molar-refractivity contribution >= 4 is 17.6 Å². The van der Waals surface area contributed by atoms with E-state index in [0.717, 1.165) is 17.7 Å². The number of hydrogen-bond acceptors (Lipinski definition) is 3. The molecule has 1 aromatic carbocycles. The zero-order valence-electron chi connectivity index (χ0n) is 11.6. The summed E-state index contributed by atoms with van der Waals surface area (Å²) in [6.07, 6.45) is 1.52. The van der Waals surface area contributed by atoms with E-state index in [0.29, 0.717) is 13.0 Å². The lowest BCUT2D eigenvalue weighted by Gasteiger charge is -2.21. The quantitative estimate of drug-likeness (QED) is 0.857. The minimum Gasteiger partial charge on any atom is -0.481 e. The Kier molecular flexibility index (Phi) is 4.39. The highest BCUT2D eigenvalue weighted by Gasteiger charge is 2.34. The van der Waals surface area contributed by atoms with Gasteiger partial charge in [-0.3, -0.25) is 9.59 Å². The standard InChI is InChI=1S/C15H20N2O3/c1-2-5-12(16)15(20)17-9-10(8-14(18)19)11-6-3-4-7-13(11)17/h3-4,6-7,10,12H,2,5,8-9,16H2,1H3,(H,18,19)/t10?,12-/m1/s1. The number of carboxylic acid groups (broad SMARTS) is 1. The molecular weight excluding hydrogens is 256 g/mol. The number of carbonyl (C=O) groups excluding carboxylic acids is 1. The van der Waals surface area contributed by atoms with Gasteiger partial charge in [-0.2, -0.15) is 0 Å². The Labute approximate surface area is 118 Å². The normalized spacial score (nSPS) is 18.7. The van der Waals surface area contributed by atoms with Gasteiger partial charge in [0.2, 0.25) is 5.91 Å². The molecule has 2 atom stereocenters. The third-order valence-corrected chi connectivity index (χ3v) is 3.67. The topological polar surface area (TPSA) is 83.6 Å². The van der Waals surface area contributed by atoms with Gasteiger partial charge in [-0.25, -0.2) is 0 Å². The number of amides is 1. The highest BCUT2D eigenvalue weighted by Crippen LogP contribution is 2.38. The van der Waals surface area contributed by atoms with Gasteiger partial charge in [0.15, 0.2) is 0 Å². The molecule has 1 aliphatic rings. The Morgan fingerprint density at radius 2 is 2.15 bits per heavy atom. The van der Waals surface area contributed by atoms with Gasteiger partial charge < -0.3 is 15.7 Å². The summed E-state index contributed by atoms with van der Waals surface area (Å²) in [5, 5.41) is 8.99. The second-order valence-corrected chi connectivity index (χ2v) is 5.20. The molecule has 1 amide bonds. The van der Waals surface area contributed by atoms with Gasteiger partial charge in [0.05, 0.1) is 12.5 Å². The molecule has 3 N–H and O–H groups in total. The van der Waals surface area contributed by atoms with E-state index in [-0.39, 0.29) is 18.2 Å². The maximum absolute atomic E-state index is 12.4. The van der Waals surface area contributed by atoms with Gasteiger partial charge in [0, 0.05) is 18.2 Å². The fourth-order valence-electron chi connectivity index (χ4n) is 2.72. The Hall–Kier alpha value is -1.88. The van der Waals surface area contributed by atoms with E-state index in [1.165, 1.54) is 0 Å². The number of fused-ring (bicyclic) bond motifs is 1. The first-order valence-corrected chi connectivity index (χ1v) is 6.92. The first kappa shape index (κ1) is 14.5. The number of carbonyl (C=O) groups is 2. The van der Waals surface area contributed by atoms with E-state index < -0.39 is 12.0 Å². The van der Waals surface area contributed by atoms with Crippen LogP contribution in [0, 0.1) is 0 Å². The van der Waals surface area contributed by atoms with Crippen LogP contribution in [0.1, 0.15) is 37.7 Å². The first-order chi connectivity index (χ1) is 9.54. The summed E-state index contributed by atoms with van der Waals surface area (Å²) >= 11 is 0. The second-order valence-electron chi connectivity index (χ2n) is 5.20. The molecule has 0 saturated carbocycles. The van der Waals surface area contributed by atoms with E-state index in [1.807, 2.05) is 31.2 Å². The number of nitrogens with two attached hydrogens (primary N) is 1. The highest BCUT2D eigenvalue weighted by molar-refractivity contribution is 5.99. The van der Waals surface area contributed by atoms with Crippen LogP contribution in [-0.4, -0.2) is 29.6 Å².